The number of halogens is 4. The number of nitrogens with two attached hydrogens (primary N) is 1. The molecule has 1 aromatic rings. The third-order valence-electron chi connectivity index (χ3n) is 1.45. The van der Waals surface area contributed by atoms with Crippen molar-refractivity contribution in [3.8, 4) is 0 Å². The van der Waals surface area contributed by atoms with Crippen molar-refractivity contribution in [3.05, 3.63) is 21.4 Å². The van der Waals surface area contributed by atoms with Crippen molar-refractivity contribution >= 4 is 37.6 Å². The zero-order chi connectivity index (χ0) is 11.8. The lowest BCUT2D eigenvalue weighted by atomic mass is 10.3. The molecule has 0 aliphatic carbocycles. The summed E-state index contributed by atoms with van der Waals surface area (Å²) in [5.41, 5.74) is -0.816. The lowest BCUT2D eigenvalue weighted by Gasteiger charge is -2.08. The third kappa shape index (κ3) is 2.63. The second-order valence-corrected chi connectivity index (χ2v) is 5.21. The smallest absolute Gasteiger partial charge is 0.252 e. The average Bonchev–Trinajstić information content (AvgIpc) is 2.00. The first kappa shape index (κ1) is 12.8. The van der Waals surface area contributed by atoms with Gasteiger partial charge >= 0.3 is 0 Å². The Kier molecular flexibility index (Phi) is 3.64. The van der Waals surface area contributed by atoms with E-state index >= 15 is 0 Å². The molecule has 9 heteroatoms. The fourth-order valence-electron chi connectivity index (χ4n) is 0.876. The van der Waals surface area contributed by atoms with E-state index in [1.54, 1.807) is 0 Å². The molecule has 1 heterocycles. The topological polar surface area (TPSA) is 73.1 Å². The van der Waals surface area contributed by atoms with Crippen molar-refractivity contribution in [2.24, 2.45) is 5.14 Å². The van der Waals surface area contributed by atoms with E-state index in [0.717, 1.165) is 6.20 Å². The van der Waals surface area contributed by atoms with Gasteiger partial charge in [0.05, 0.1) is 9.50 Å². The quantitative estimate of drug-likeness (QED) is 0.906. The number of primary sulfonamides is 1. The maximum absolute atomic E-state index is 12.3. The van der Waals surface area contributed by atoms with Gasteiger partial charge in [0.15, 0.2) is 0 Å². The van der Waals surface area contributed by atoms with Crippen LogP contribution in [-0.4, -0.2) is 13.4 Å². The van der Waals surface area contributed by atoms with Gasteiger partial charge < -0.3 is 0 Å². The van der Waals surface area contributed by atoms with Crippen molar-refractivity contribution in [2.45, 2.75) is 11.3 Å². The van der Waals surface area contributed by atoms with Crippen molar-refractivity contribution in [2.75, 3.05) is 0 Å². The molecule has 0 fully saturated rings. The summed E-state index contributed by atoms with van der Waals surface area (Å²) in [6, 6.07) is 0. The molecule has 0 bridgehead atoms. The number of rotatable bonds is 2. The van der Waals surface area contributed by atoms with Crippen LogP contribution in [0.4, 0.5) is 8.78 Å². The monoisotopic (exact) mass is 320 g/mol. The van der Waals surface area contributed by atoms with Crippen LogP contribution in [0.2, 0.25) is 5.02 Å². The molecule has 0 aliphatic rings. The van der Waals surface area contributed by atoms with Crippen LogP contribution in [0.25, 0.3) is 0 Å². The highest BCUT2D eigenvalue weighted by Gasteiger charge is 2.24. The van der Waals surface area contributed by atoms with E-state index in [2.05, 4.69) is 20.9 Å². The lowest BCUT2D eigenvalue weighted by Crippen LogP contribution is -2.15. The standard InChI is InChI=1S/C6H4BrClF2N2O2S/c7-2-1-12-4(6(9)10)3(8)5(2)15(11,13)14/h1,6H,(H2,11,13,14). The van der Waals surface area contributed by atoms with Crippen molar-refractivity contribution in [3.63, 3.8) is 0 Å². The van der Waals surface area contributed by atoms with Gasteiger partial charge in [0.2, 0.25) is 10.0 Å². The molecule has 0 spiro atoms. The molecule has 2 N–H and O–H groups in total. The summed E-state index contributed by atoms with van der Waals surface area (Å²) in [6.45, 7) is 0. The van der Waals surface area contributed by atoms with E-state index in [-0.39, 0.29) is 4.47 Å². The Morgan fingerprint density at radius 2 is 2.07 bits per heavy atom. The van der Waals surface area contributed by atoms with E-state index in [9.17, 15) is 17.2 Å². The second-order valence-electron chi connectivity index (χ2n) is 2.48. The first-order valence-corrected chi connectivity index (χ1v) is 6.11. The molecule has 0 radical (unpaired) electrons. The minimum Gasteiger partial charge on any atom is -0.252 e. The summed E-state index contributed by atoms with van der Waals surface area (Å²) in [4.78, 5) is 2.71. The number of alkyl halides is 2. The Hall–Kier alpha value is -0.310. The minimum absolute atomic E-state index is 0.0561. The van der Waals surface area contributed by atoms with Gasteiger partial charge in [-0.3, -0.25) is 4.98 Å². The minimum atomic E-state index is -4.17. The van der Waals surface area contributed by atoms with E-state index < -0.39 is 32.1 Å². The van der Waals surface area contributed by atoms with Crippen LogP contribution >= 0.6 is 27.5 Å². The molecule has 0 atom stereocenters. The zero-order valence-corrected chi connectivity index (χ0v) is 10.1. The molecule has 1 rings (SSSR count). The Morgan fingerprint density at radius 1 is 1.53 bits per heavy atom. The molecule has 0 aliphatic heterocycles. The maximum atomic E-state index is 12.3. The van der Waals surface area contributed by atoms with Crippen LogP contribution in [0, 0.1) is 0 Å². The molecule has 1 aromatic heterocycles. The van der Waals surface area contributed by atoms with E-state index in [4.69, 9.17) is 16.7 Å². The number of pyridine rings is 1. The van der Waals surface area contributed by atoms with Crippen LogP contribution in [0.1, 0.15) is 12.1 Å². The Bertz CT molecular complexity index is 494. The fourth-order valence-corrected chi connectivity index (χ4v) is 3.20. The van der Waals surface area contributed by atoms with Gasteiger partial charge in [-0.1, -0.05) is 11.6 Å². The lowest BCUT2D eigenvalue weighted by molar-refractivity contribution is 0.146. The number of hydrogen-bond donors (Lipinski definition) is 1. The molecular weight excluding hydrogens is 317 g/mol. The molecule has 0 saturated carbocycles. The van der Waals surface area contributed by atoms with Gasteiger partial charge in [-0.05, 0) is 15.9 Å². The van der Waals surface area contributed by atoms with Gasteiger partial charge in [0, 0.05) is 6.20 Å². The highest BCUT2D eigenvalue weighted by molar-refractivity contribution is 9.10. The van der Waals surface area contributed by atoms with E-state index in [0.29, 0.717) is 0 Å². The summed E-state index contributed by atoms with van der Waals surface area (Å²) in [5.74, 6) is 0. The molecular formula is C6H4BrClF2N2O2S. The summed E-state index contributed by atoms with van der Waals surface area (Å²) < 4.78 is 46.7. The summed E-state index contributed by atoms with van der Waals surface area (Å²) in [5, 5.41) is 4.15. The molecule has 4 nitrogen and oxygen atoms in total. The number of aromatic nitrogens is 1. The van der Waals surface area contributed by atoms with Crippen molar-refractivity contribution < 1.29 is 17.2 Å². The SMILES string of the molecule is NS(=O)(=O)c1c(Br)cnc(C(F)F)c1Cl. The highest BCUT2D eigenvalue weighted by atomic mass is 79.9. The van der Waals surface area contributed by atoms with Gasteiger partial charge in [-0.25, -0.2) is 22.3 Å². The van der Waals surface area contributed by atoms with Crippen molar-refractivity contribution in [1.29, 1.82) is 0 Å². The van der Waals surface area contributed by atoms with Crippen LogP contribution < -0.4 is 5.14 Å². The predicted molar refractivity (Wildman–Crippen MR) is 53.3 cm³/mol. The van der Waals surface area contributed by atoms with E-state index in [1.165, 1.54) is 0 Å². The average molecular weight is 322 g/mol. The number of sulfonamides is 1. The normalized spacial score (nSPS) is 12.1. The number of hydrogen-bond acceptors (Lipinski definition) is 3. The molecule has 15 heavy (non-hydrogen) atoms. The van der Waals surface area contributed by atoms with E-state index in [1.807, 2.05) is 0 Å². The Balaban J connectivity index is 3.59. The molecule has 84 valence electrons. The largest absolute Gasteiger partial charge is 0.281 e. The van der Waals surface area contributed by atoms with Gasteiger partial charge in [0.1, 0.15) is 10.6 Å². The van der Waals surface area contributed by atoms with Crippen LogP contribution in [0.3, 0.4) is 0 Å². The first-order chi connectivity index (χ1) is 6.75. The third-order valence-corrected chi connectivity index (χ3v) is 3.80. The van der Waals surface area contributed by atoms with Crippen LogP contribution in [0.15, 0.2) is 15.6 Å². The van der Waals surface area contributed by atoms with Gasteiger partial charge in [-0.2, -0.15) is 0 Å². The molecule has 0 amide bonds. The van der Waals surface area contributed by atoms with Crippen LogP contribution in [0.5, 0.6) is 0 Å². The zero-order valence-electron chi connectivity index (χ0n) is 6.92. The maximum Gasteiger partial charge on any atom is 0.281 e. The fraction of sp³-hybridized carbons (Fsp3) is 0.167. The summed E-state index contributed by atoms with van der Waals surface area (Å²) in [7, 11) is -4.17. The Morgan fingerprint density at radius 3 is 2.47 bits per heavy atom. The summed E-state index contributed by atoms with van der Waals surface area (Å²) in [6.07, 6.45) is -2.06. The summed E-state index contributed by atoms with van der Waals surface area (Å²) >= 11 is 8.28. The molecule has 0 aromatic carbocycles. The van der Waals surface area contributed by atoms with Crippen molar-refractivity contribution in [1.82, 2.24) is 4.98 Å². The Labute approximate surface area is 97.6 Å². The highest BCUT2D eigenvalue weighted by Crippen LogP contribution is 2.34. The molecule has 0 saturated heterocycles. The second kappa shape index (κ2) is 4.28. The van der Waals surface area contributed by atoms with Crippen LogP contribution in [-0.2, 0) is 10.0 Å². The first-order valence-electron chi connectivity index (χ1n) is 3.40. The van der Waals surface area contributed by atoms with Gasteiger partial charge in [-0.15, -0.1) is 0 Å². The van der Waals surface area contributed by atoms with Gasteiger partial charge in [0.25, 0.3) is 6.43 Å². The number of nitrogens with zero attached hydrogens (tertiary/aromatic N) is 1. The predicted octanol–water partition coefficient (Wildman–Crippen LogP) is 2.08. The molecule has 0 unspecified atom stereocenters.